The van der Waals surface area contributed by atoms with Gasteiger partial charge in [-0.3, -0.25) is 9.59 Å². The van der Waals surface area contributed by atoms with Crippen molar-refractivity contribution in [2.75, 3.05) is 26.2 Å². The van der Waals surface area contributed by atoms with Crippen molar-refractivity contribution in [1.82, 2.24) is 9.80 Å². The summed E-state index contributed by atoms with van der Waals surface area (Å²) in [6.07, 6.45) is 5.70. The molecule has 25 heavy (non-hydrogen) atoms. The third-order valence-corrected chi connectivity index (χ3v) is 5.42. The smallest absolute Gasteiger partial charge is 0.224 e. The number of hydrogen-bond donors (Lipinski definition) is 0. The number of carbonyl (C=O) groups excluding carboxylic acids is 2. The van der Waals surface area contributed by atoms with Crippen LogP contribution in [0.5, 0.6) is 0 Å². The van der Waals surface area contributed by atoms with E-state index < -0.39 is 0 Å². The van der Waals surface area contributed by atoms with Gasteiger partial charge in [-0.15, -0.1) is 0 Å². The molecule has 1 atom stereocenters. The molecule has 2 amide bonds. The lowest BCUT2D eigenvalue weighted by Gasteiger charge is -2.33. The predicted molar refractivity (Wildman–Crippen MR) is 94.5 cm³/mol. The Bertz CT molecular complexity index is 619. The van der Waals surface area contributed by atoms with Crippen LogP contribution in [0.1, 0.15) is 44.1 Å². The fraction of sp³-hybridized carbons (Fsp3) is 0.600. The second-order valence-electron chi connectivity index (χ2n) is 7.21. The monoisotopic (exact) mass is 346 g/mol. The maximum atomic E-state index is 13.7. The minimum atomic E-state index is -0.137. The highest BCUT2D eigenvalue weighted by molar-refractivity contribution is 5.80. The Hall–Kier alpha value is -1.91. The van der Waals surface area contributed by atoms with Gasteiger partial charge in [0.1, 0.15) is 5.82 Å². The maximum Gasteiger partial charge on any atom is 0.224 e. The van der Waals surface area contributed by atoms with Gasteiger partial charge in [0.25, 0.3) is 0 Å². The molecule has 1 aromatic carbocycles. The largest absolute Gasteiger partial charge is 0.342 e. The standard InChI is InChI=1S/C20H27FN2O2/c21-18-7-2-1-6-17(18)10-9-16-5-3-13-23(15-16)20(25)11-14-22-12-4-8-19(22)24/h1-2,6-7,16H,3-5,8-15H2/t16-/m0/s1. The molecular weight excluding hydrogens is 319 g/mol. The summed E-state index contributed by atoms with van der Waals surface area (Å²) >= 11 is 0. The van der Waals surface area contributed by atoms with Crippen LogP contribution in [-0.2, 0) is 16.0 Å². The lowest BCUT2D eigenvalue weighted by Crippen LogP contribution is -2.41. The molecule has 0 aliphatic carbocycles. The summed E-state index contributed by atoms with van der Waals surface area (Å²) in [5.74, 6) is 0.622. The van der Waals surface area contributed by atoms with Gasteiger partial charge in [0, 0.05) is 39.0 Å². The number of nitrogens with zero attached hydrogens (tertiary/aromatic N) is 2. The van der Waals surface area contributed by atoms with Gasteiger partial charge in [-0.2, -0.15) is 0 Å². The second-order valence-corrected chi connectivity index (χ2v) is 7.21. The van der Waals surface area contributed by atoms with E-state index in [1.165, 1.54) is 6.07 Å². The number of likely N-dealkylation sites (tertiary alicyclic amines) is 2. The molecule has 0 saturated carbocycles. The minimum Gasteiger partial charge on any atom is -0.342 e. The van der Waals surface area contributed by atoms with Gasteiger partial charge in [0.05, 0.1) is 0 Å². The van der Waals surface area contributed by atoms with Gasteiger partial charge >= 0.3 is 0 Å². The molecule has 2 saturated heterocycles. The van der Waals surface area contributed by atoms with Crippen molar-refractivity contribution in [1.29, 1.82) is 0 Å². The lowest BCUT2D eigenvalue weighted by molar-refractivity contribution is -0.134. The molecule has 4 nitrogen and oxygen atoms in total. The van der Waals surface area contributed by atoms with Crippen molar-refractivity contribution in [3.05, 3.63) is 35.6 Å². The maximum absolute atomic E-state index is 13.7. The van der Waals surface area contributed by atoms with Gasteiger partial charge in [-0.05, 0) is 49.7 Å². The van der Waals surface area contributed by atoms with Crippen LogP contribution in [-0.4, -0.2) is 47.8 Å². The molecule has 136 valence electrons. The summed E-state index contributed by atoms with van der Waals surface area (Å²) < 4.78 is 13.7. The van der Waals surface area contributed by atoms with Gasteiger partial charge in [0.15, 0.2) is 0 Å². The van der Waals surface area contributed by atoms with E-state index in [9.17, 15) is 14.0 Å². The third-order valence-electron chi connectivity index (χ3n) is 5.42. The molecule has 0 spiro atoms. The first-order chi connectivity index (χ1) is 12.1. The van der Waals surface area contributed by atoms with Crippen molar-refractivity contribution in [3.63, 3.8) is 0 Å². The highest BCUT2D eigenvalue weighted by atomic mass is 19.1. The highest BCUT2D eigenvalue weighted by Gasteiger charge is 2.25. The molecule has 1 aromatic rings. The first-order valence-corrected chi connectivity index (χ1v) is 9.42. The zero-order valence-electron chi connectivity index (χ0n) is 14.8. The summed E-state index contributed by atoms with van der Waals surface area (Å²) in [6, 6.07) is 6.93. The Kier molecular flexibility index (Phi) is 6.05. The minimum absolute atomic E-state index is 0.137. The normalized spacial score (nSPS) is 21.0. The Balaban J connectivity index is 1.44. The van der Waals surface area contributed by atoms with Crippen molar-refractivity contribution >= 4 is 11.8 Å². The fourth-order valence-corrected chi connectivity index (χ4v) is 3.92. The van der Waals surface area contributed by atoms with E-state index in [2.05, 4.69) is 0 Å². The second kappa shape index (κ2) is 8.45. The predicted octanol–water partition coefficient (Wildman–Crippen LogP) is 3.01. The van der Waals surface area contributed by atoms with Crippen molar-refractivity contribution in [2.45, 2.75) is 44.9 Å². The average Bonchev–Trinajstić information content (AvgIpc) is 3.04. The first-order valence-electron chi connectivity index (χ1n) is 9.42. The van der Waals surface area contributed by atoms with E-state index in [0.29, 0.717) is 25.3 Å². The molecule has 0 aromatic heterocycles. The van der Waals surface area contributed by atoms with Crippen molar-refractivity contribution in [3.8, 4) is 0 Å². The number of halogens is 1. The number of benzene rings is 1. The molecule has 2 fully saturated rings. The van der Waals surface area contributed by atoms with E-state index in [1.54, 1.807) is 11.0 Å². The molecular formula is C20H27FN2O2. The van der Waals surface area contributed by atoms with Gasteiger partial charge in [-0.25, -0.2) is 4.39 Å². The quantitative estimate of drug-likeness (QED) is 0.794. The summed E-state index contributed by atoms with van der Waals surface area (Å²) in [7, 11) is 0. The lowest BCUT2D eigenvalue weighted by atomic mass is 9.91. The number of carbonyl (C=O) groups is 2. The summed E-state index contributed by atoms with van der Waals surface area (Å²) in [4.78, 5) is 27.8. The van der Waals surface area contributed by atoms with Gasteiger partial charge in [0.2, 0.25) is 11.8 Å². The zero-order valence-corrected chi connectivity index (χ0v) is 14.8. The van der Waals surface area contributed by atoms with Crippen LogP contribution >= 0.6 is 0 Å². The van der Waals surface area contributed by atoms with Gasteiger partial charge in [-0.1, -0.05) is 18.2 Å². The Labute approximate surface area is 149 Å². The molecule has 2 aliphatic heterocycles. The van der Waals surface area contributed by atoms with E-state index in [-0.39, 0.29) is 17.6 Å². The van der Waals surface area contributed by atoms with Crippen LogP contribution in [0, 0.1) is 11.7 Å². The molecule has 2 aliphatic rings. The summed E-state index contributed by atoms with van der Waals surface area (Å²) in [6.45, 7) is 2.91. The van der Waals surface area contributed by atoms with Gasteiger partial charge < -0.3 is 9.80 Å². The third kappa shape index (κ3) is 4.80. The summed E-state index contributed by atoms with van der Waals surface area (Å²) in [5.41, 5.74) is 0.762. The Morgan fingerprint density at radius 2 is 2.04 bits per heavy atom. The zero-order chi connectivity index (χ0) is 17.6. The number of amides is 2. The molecule has 5 heteroatoms. The number of piperidine rings is 1. The van der Waals surface area contributed by atoms with E-state index in [0.717, 1.165) is 57.3 Å². The van der Waals surface area contributed by atoms with Crippen molar-refractivity contribution in [2.24, 2.45) is 5.92 Å². The van der Waals surface area contributed by atoms with Crippen LogP contribution in [0.4, 0.5) is 4.39 Å². The number of hydrogen-bond acceptors (Lipinski definition) is 2. The van der Waals surface area contributed by atoms with Crippen LogP contribution in [0.2, 0.25) is 0 Å². The SMILES string of the molecule is O=C1CCCN1CCC(=O)N1CCC[C@@H](CCc2ccccc2F)C1. The van der Waals surface area contributed by atoms with E-state index in [4.69, 9.17) is 0 Å². The number of aryl methyl sites for hydroxylation is 1. The molecule has 3 rings (SSSR count). The number of rotatable bonds is 6. The molecule has 0 bridgehead atoms. The van der Waals surface area contributed by atoms with E-state index in [1.807, 2.05) is 17.0 Å². The molecule has 0 unspecified atom stereocenters. The van der Waals surface area contributed by atoms with E-state index >= 15 is 0 Å². The molecule has 0 N–H and O–H groups in total. The van der Waals surface area contributed by atoms with Crippen LogP contribution in [0.3, 0.4) is 0 Å². The van der Waals surface area contributed by atoms with Crippen LogP contribution in [0.25, 0.3) is 0 Å². The van der Waals surface area contributed by atoms with Crippen molar-refractivity contribution < 1.29 is 14.0 Å². The highest BCUT2D eigenvalue weighted by Crippen LogP contribution is 2.23. The summed E-state index contributed by atoms with van der Waals surface area (Å²) in [5, 5.41) is 0. The fourth-order valence-electron chi connectivity index (χ4n) is 3.92. The first kappa shape index (κ1) is 17.9. The van der Waals surface area contributed by atoms with Crippen LogP contribution in [0.15, 0.2) is 24.3 Å². The molecule has 0 radical (unpaired) electrons. The topological polar surface area (TPSA) is 40.6 Å². The Morgan fingerprint density at radius 3 is 2.80 bits per heavy atom. The molecule has 2 heterocycles. The Morgan fingerprint density at radius 1 is 1.20 bits per heavy atom. The average molecular weight is 346 g/mol. The van der Waals surface area contributed by atoms with Crippen LogP contribution < -0.4 is 0 Å².